The zero-order valence-corrected chi connectivity index (χ0v) is 12.8. The normalized spacial score (nSPS) is 11.8. The van der Waals surface area contributed by atoms with E-state index < -0.39 is 0 Å². The highest BCUT2D eigenvalue weighted by atomic mass is 79.9. The van der Waals surface area contributed by atoms with Crippen molar-refractivity contribution in [1.29, 1.82) is 0 Å². The van der Waals surface area contributed by atoms with Crippen molar-refractivity contribution in [2.24, 2.45) is 0 Å². The molecule has 0 heterocycles. The number of benzene rings is 1. The largest absolute Gasteiger partial charge is 0.379 e. The van der Waals surface area contributed by atoms with E-state index in [2.05, 4.69) is 15.9 Å². The van der Waals surface area contributed by atoms with Gasteiger partial charge < -0.3 is 9.47 Å². The van der Waals surface area contributed by atoms with Crippen LogP contribution in [0.1, 0.15) is 25.8 Å². The Morgan fingerprint density at radius 2 is 2.06 bits per heavy atom. The van der Waals surface area contributed by atoms with E-state index in [0.717, 1.165) is 21.5 Å². The van der Waals surface area contributed by atoms with Gasteiger partial charge in [-0.25, -0.2) is 0 Å². The van der Waals surface area contributed by atoms with Gasteiger partial charge in [-0.15, -0.1) is 0 Å². The number of methoxy groups -OCH3 is 1. The Balaban J connectivity index is 2.36. The van der Waals surface area contributed by atoms with Crippen LogP contribution < -0.4 is 0 Å². The highest BCUT2D eigenvalue weighted by Gasteiger charge is 2.15. The van der Waals surface area contributed by atoms with E-state index in [1.807, 2.05) is 32.0 Å². The van der Waals surface area contributed by atoms with Crippen LogP contribution in [-0.4, -0.2) is 19.3 Å². The zero-order chi connectivity index (χ0) is 12.9. The van der Waals surface area contributed by atoms with Crippen LogP contribution in [0, 0.1) is 0 Å². The predicted molar refractivity (Wildman–Crippen MR) is 74.5 cm³/mol. The summed E-state index contributed by atoms with van der Waals surface area (Å²) < 4.78 is 11.9. The molecule has 4 heteroatoms. The van der Waals surface area contributed by atoms with Crippen LogP contribution in [0.4, 0.5) is 0 Å². The molecule has 0 amide bonds. The molecular weight excluding hydrogens is 303 g/mol. The molecule has 96 valence electrons. The van der Waals surface area contributed by atoms with Gasteiger partial charge in [0.25, 0.3) is 0 Å². The average molecular weight is 322 g/mol. The van der Waals surface area contributed by atoms with Crippen molar-refractivity contribution in [2.75, 3.05) is 13.7 Å². The van der Waals surface area contributed by atoms with E-state index in [4.69, 9.17) is 21.1 Å². The van der Waals surface area contributed by atoms with Crippen molar-refractivity contribution < 1.29 is 9.47 Å². The molecule has 2 nitrogen and oxygen atoms in total. The molecule has 0 aliphatic rings. The van der Waals surface area contributed by atoms with Crippen molar-refractivity contribution in [1.82, 2.24) is 0 Å². The van der Waals surface area contributed by atoms with E-state index >= 15 is 0 Å². The van der Waals surface area contributed by atoms with E-state index in [0.29, 0.717) is 13.2 Å². The molecule has 0 aliphatic carbocycles. The predicted octanol–water partition coefficient (Wildman–Crippen LogP) is 4.43. The average Bonchev–Trinajstić information content (AvgIpc) is 2.27. The van der Waals surface area contributed by atoms with Gasteiger partial charge in [0.15, 0.2) is 0 Å². The Kier molecular flexibility index (Phi) is 5.93. The summed E-state index contributed by atoms with van der Waals surface area (Å²) >= 11 is 9.46. The molecule has 0 N–H and O–H groups in total. The monoisotopic (exact) mass is 320 g/mol. The third kappa shape index (κ3) is 5.38. The minimum Gasteiger partial charge on any atom is -0.379 e. The molecule has 17 heavy (non-hydrogen) atoms. The number of halogens is 2. The van der Waals surface area contributed by atoms with E-state index in [1.54, 1.807) is 7.11 Å². The third-order valence-corrected chi connectivity index (χ3v) is 3.52. The van der Waals surface area contributed by atoms with Crippen molar-refractivity contribution >= 4 is 27.5 Å². The van der Waals surface area contributed by atoms with Crippen LogP contribution in [0.5, 0.6) is 0 Å². The lowest BCUT2D eigenvalue weighted by Crippen LogP contribution is -2.24. The Labute approximate surface area is 116 Å². The van der Waals surface area contributed by atoms with Crippen molar-refractivity contribution in [3.05, 3.63) is 33.3 Å². The molecule has 0 spiro atoms. The van der Waals surface area contributed by atoms with E-state index in [-0.39, 0.29) is 5.60 Å². The standard InChI is InChI=1S/C13H18BrClO2/c1-13(2,16-3)6-7-17-9-10-4-5-11(14)8-12(10)15/h4-5,8H,6-7,9H2,1-3H3. The summed E-state index contributed by atoms with van der Waals surface area (Å²) in [6.07, 6.45) is 0.859. The van der Waals surface area contributed by atoms with Gasteiger partial charge in [0, 0.05) is 23.2 Å². The smallest absolute Gasteiger partial charge is 0.0731 e. The first-order valence-corrected chi connectivity index (χ1v) is 6.68. The first-order valence-electron chi connectivity index (χ1n) is 5.51. The molecule has 0 bridgehead atoms. The van der Waals surface area contributed by atoms with Crippen LogP contribution in [0.15, 0.2) is 22.7 Å². The van der Waals surface area contributed by atoms with E-state index in [9.17, 15) is 0 Å². The SMILES string of the molecule is COC(C)(C)CCOCc1ccc(Br)cc1Cl. The quantitative estimate of drug-likeness (QED) is 0.721. The van der Waals surface area contributed by atoms with Crippen LogP contribution in [0.3, 0.4) is 0 Å². The molecule has 1 aromatic carbocycles. The zero-order valence-electron chi connectivity index (χ0n) is 10.4. The fourth-order valence-electron chi connectivity index (χ4n) is 1.24. The van der Waals surface area contributed by atoms with Gasteiger partial charge in [-0.1, -0.05) is 33.6 Å². The summed E-state index contributed by atoms with van der Waals surface area (Å²) in [6.45, 7) is 5.28. The van der Waals surface area contributed by atoms with Gasteiger partial charge in [-0.3, -0.25) is 0 Å². The topological polar surface area (TPSA) is 18.5 Å². The van der Waals surface area contributed by atoms with Gasteiger partial charge in [0.05, 0.1) is 12.2 Å². The maximum atomic E-state index is 6.09. The fourth-order valence-corrected chi connectivity index (χ4v) is 1.97. The second kappa shape index (κ2) is 6.74. The molecule has 1 rings (SSSR count). The first-order chi connectivity index (χ1) is 7.94. The van der Waals surface area contributed by atoms with Gasteiger partial charge in [-0.2, -0.15) is 0 Å². The minimum atomic E-state index is -0.135. The summed E-state index contributed by atoms with van der Waals surface area (Å²) in [6, 6.07) is 5.80. The molecule has 0 radical (unpaired) electrons. The summed E-state index contributed by atoms with van der Waals surface area (Å²) in [7, 11) is 1.71. The van der Waals surface area contributed by atoms with Gasteiger partial charge >= 0.3 is 0 Å². The number of hydrogen-bond acceptors (Lipinski definition) is 2. The molecule has 0 aromatic heterocycles. The second-order valence-electron chi connectivity index (χ2n) is 4.50. The highest BCUT2D eigenvalue weighted by molar-refractivity contribution is 9.10. The molecule has 0 fully saturated rings. The Morgan fingerprint density at radius 1 is 1.35 bits per heavy atom. The lowest BCUT2D eigenvalue weighted by molar-refractivity contribution is -0.0124. The second-order valence-corrected chi connectivity index (χ2v) is 5.83. The molecule has 0 saturated heterocycles. The summed E-state index contributed by atoms with van der Waals surface area (Å²) in [4.78, 5) is 0. The lowest BCUT2D eigenvalue weighted by Gasteiger charge is -2.22. The number of hydrogen-bond donors (Lipinski definition) is 0. The lowest BCUT2D eigenvalue weighted by atomic mass is 10.1. The van der Waals surface area contributed by atoms with Crippen molar-refractivity contribution in [3.63, 3.8) is 0 Å². The van der Waals surface area contributed by atoms with Crippen LogP contribution in [0.25, 0.3) is 0 Å². The summed E-state index contributed by atoms with van der Waals surface area (Å²) in [5.74, 6) is 0. The van der Waals surface area contributed by atoms with E-state index in [1.165, 1.54) is 0 Å². The maximum absolute atomic E-state index is 6.09. The highest BCUT2D eigenvalue weighted by Crippen LogP contribution is 2.22. The summed E-state index contributed by atoms with van der Waals surface area (Å²) in [5, 5.41) is 0.727. The first kappa shape index (κ1) is 15.0. The molecule has 0 aliphatic heterocycles. The van der Waals surface area contributed by atoms with Crippen molar-refractivity contribution in [2.45, 2.75) is 32.5 Å². The Hall–Kier alpha value is -0.0900. The molecule has 0 atom stereocenters. The Bertz CT molecular complexity index is 366. The molecule has 1 aromatic rings. The Morgan fingerprint density at radius 3 is 2.65 bits per heavy atom. The van der Waals surface area contributed by atoms with Crippen LogP contribution in [0.2, 0.25) is 5.02 Å². The number of rotatable bonds is 6. The molecule has 0 saturated carbocycles. The van der Waals surface area contributed by atoms with Gasteiger partial charge in [-0.05, 0) is 38.0 Å². The number of ether oxygens (including phenoxy) is 2. The van der Waals surface area contributed by atoms with Crippen LogP contribution >= 0.6 is 27.5 Å². The molecule has 0 unspecified atom stereocenters. The fraction of sp³-hybridized carbons (Fsp3) is 0.538. The molecular formula is C13H18BrClO2. The van der Waals surface area contributed by atoms with Gasteiger partial charge in [0.1, 0.15) is 0 Å². The maximum Gasteiger partial charge on any atom is 0.0731 e. The third-order valence-electron chi connectivity index (χ3n) is 2.67. The van der Waals surface area contributed by atoms with Crippen molar-refractivity contribution in [3.8, 4) is 0 Å². The summed E-state index contributed by atoms with van der Waals surface area (Å²) in [5.41, 5.74) is 0.869. The minimum absolute atomic E-state index is 0.135. The van der Waals surface area contributed by atoms with Crippen LogP contribution in [-0.2, 0) is 16.1 Å². The van der Waals surface area contributed by atoms with Gasteiger partial charge in [0.2, 0.25) is 0 Å².